The number of benzene rings is 2. The summed E-state index contributed by atoms with van der Waals surface area (Å²) in [5.74, 6) is 2.29. The van der Waals surface area contributed by atoms with Gasteiger partial charge in [0, 0.05) is 5.56 Å². The van der Waals surface area contributed by atoms with Crippen molar-refractivity contribution in [3.05, 3.63) is 48.4 Å². The summed E-state index contributed by atoms with van der Waals surface area (Å²) in [6.07, 6.45) is 0. The van der Waals surface area contributed by atoms with E-state index in [-0.39, 0.29) is 19.1 Å². The third kappa shape index (κ3) is 5.16. The molecular formula is C20H20N2O7. The number of nitrogens with zero attached hydrogens (tertiary/aromatic N) is 2. The van der Waals surface area contributed by atoms with Gasteiger partial charge in [-0.3, -0.25) is 0 Å². The van der Waals surface area contributed by atoms with Crippen molar-refractivity contribution in [1.29, 1.82) is 0 Å². The zero-order valence-corrected chi connectivity index (χ0v) is 16.2. The fraction of sp³-hybridized carbons (Fsp3) is 0.250. The minimum absolute atomic E-state index is 0.160. The average molecular weight is 400 g/mol. The number of ether oxygens (including phenoxy) is 5. The van der Waals surface area contributed by atoms with Crippen LogP contribution < -0.4 is 18.9 Å². The van der Waals surface area contributed by atoms with Crippen molar-refractivity contribution in [2.75, 3.05) is 27.9 Å². The molecule has 0 atom stereocenters. The fourth-order valence-corrected chi connectivity index (χ4v) is 2.40. The van der Waals surface area contributed by atoms with Crippen LogP contribution in [0.15, 0.2) is 47.0 Å². The highest BCUT2D eigenvalue weighted by Gasteiger charge is 2.14. The van der Waals surface area contributed by atoms with Crippen molar-refractivity contribution in [3.8, 4) is 34.4 Å². The first-order valence-corrected chi connectivity index (χ1v) is 8.60. The summed E-state index contributed by atoms with van der Waals surface area (Å²) in [7, 11) is 4.66. The predicted molar refractivity (Wildman–Crippen MR) is 101 cm³/mol. The van der Waals surface area contributed by atoms with Gasteiger partial charge in [-0.15, -0.1) is 0 Å². The number of hydrogen-bond donors (Lipinski definition) is 0. The third-order valence-corrected chi connectivity index (χ3v) is 3.88. The van der Waals surface area contributed by atoms with Crippen LogP contribution in [0.1, 0.15) is 5.89 Å². The second kappa shape index (κ2) is 9.45. The van der Waals surface area contributed by atoms with Crippen LogP contribution >= 0.6 is 0 Å². The molecule has 0 saturated heterocycles. The van der Waals surface area contributed by atoms with Gasteiger partial charge in [0.15, 0.2) is 24.7 Å². The van der Waals surface area contributed by atoms with Crippen molar-refractivity contribution < 1.29 is 33.0 Å². The van der Waals surface area contributed by atoms with E-state index in [4.69, 9.17) is 28.2 Å². The molecule has 29 heavy (non-hydrogen) atoms. The summed E-state index contributed by atoms with van der Waals surface area (Å²) < 4.78 is 31.1. The Morgan fingerprint density at radius 1 is 0.931 bits per heavy atom. The number of aromatic nitrogens is 2. The van der Waals surface area contributed by atoms with E-state index in [1.54, 1.807) is 56.7 Å². The number of hydrogen-bond acceptors (Lipinski definition) is 9. The molecule has 9 heteroatoms. The smallest absolute Gasteiger partial charge is 0.344 e. The Bertz CT molecular complexity index is 954. The molecule has 0 spiro atoms. The molecule has 3 rings (SSSR count). The van der Waals surface area contributed by atoms with Crippen LogP contribution in [0.5, 0.6) is 23.0 Å². The highest BCUT2D eigenvalue weighted by atomic mass is 16.6. The van der Waals surface area contributed by atoms with Gasteiger partial charge in [-0.25, -0.2) is 4.79 Å². The van der Waals surface area contributed by atoms with Gasteiger partial charge in [0.2, 0.25) is 5.82 Å². The minimum Gasteiger partial charge on any atom is -0.497 e. The Morgan fingerprint density at radius 3 is 2.34 bits per heavy atom. The second-order valence-corrected chi connectivity index (χ2v) is 5.71. The molecule has 0 amide bonds. The molecule has 0 fully saturated rings. The normalized spacial score (nSPS) is 10.3. The Balaban J connectivity index is 1.52. The first-order chi connectivity index (χ1) is 14.1. The monoisotopic (exact) mass is 400 g/mol. The molecule has 0 radical (unpaired) electrons. The lowest BCUT2D eigenvalue weighted by molar-refractivity contribution is -0.148. The fourth-order valence-electron chi connectivity index (χ4n) is 2.40. The first kappa shape index (κ1) is 20.0. The maximum absolute atomic E-state index is 11.9. The molecule has 0 aliphatic heterocycles. The molecule has 2 aromatic carbocycles. The lowest BCUT2D eigenvalue weighted by Crippen LogP contribution is -2.14. The van der Waals surface area contributed by atoms with Gasteiger partial charge in [-0.1, -0.05) is 5.16 Å². The summed E-state index contributed by atoms with van der Waals surface area (Å²) in [4.78, 5) is 16.1. The zero-order chi connectivity index (χ0) is 20.6. The number of esters is 1. The van der Waals surface area contributed by atoms with E-state index in [1.165, 1.54) is 7.11 Å². The van der Waals surface area contributed by atoms with Crippen LogP contribution in [-0.2, 0) is 16.1 Å². The number of methoxy groups -OCH3 is 3. The van der Waals surface area contributed by atoms with E-state index in [2.05, 4.69) is 10.1 Å². The largest absolute Gasteiger partial charge is 0.497 e. The van der Waals surface area contributed by atoms with Crippen LogP contribution in [0, 0.1) is 0 Å². The molecule has 152 valence electrons. The lowest BCUT2D eigenvalue weighted by Gasteiger charge is -2.07. The summed E-state index contributed by atoms with van der Waals surface area (Å²) in [5, 5.41) is 3.89. The average Bonchev–Trinajstić information content (AvgIpc) is 3.25. The standard InChI is InChI=1S/C20H20N2O7/c1-24-14-5-7-15(8-6-14)27-12-19(23)28-11-18-21-20(22-29-18)13-4-9-16(25-2)17(10-13)26-3/h4-10H,11-12H2,1-3H3. The number of rotatable bonds is 9. The van der Waals surface area contributed by atoms with Crippen molar-refractivity contribution in [1.82, 2.24) is 10.1 Å². The van der Waals surface area contributed by atoms with Gasteiger partial charge in [-0.05, 0) is 42.5 Å². The number of carbonyl (C=O) groups excluding carboxylic acids is 1. The minimum atomic E-state index is -0.563. The van der Waals surface area contributed by atoms with Crippen LogP contribution in [0.4, 0.5) is 0 Å². The van der Waals surface area contributed by atoms with E-state index >= 15 is 0 Å². The zero-order valence-electron chi connectivity index (χ0n) is 16.2. The molecule has 0 bridgehead atoms. The van der Waals surface area contributed by atoms with Crippen molar-refractivity contribution in [2.45, 2.75) is 6.61 Å². The van der Waals surface area contributed by atoms with Gasteiger partial charge in [0.25, 0.3) is 5.89 Å². The van der Waals surface area contributed by atoms with E-state index in [0.29, 0.717) is 34.4 Å². The predicted octanol–water partition coefficient (Wildman–Crippen LogP) is 2.88. The quantitative estimate of drug-likeness (QED) is 0.502. The summed E-state index contributed by atoms with van der Waals surface area (Å²) >= 11 is 0. The molecule has 9 nitrogen and oxygen atoms in total. The molecule has 0 saturated carbocycles. The molecule has 0 N–H and O–H groups in total. The molecule has 0 aliphatic carbocycles. The molecule has 0 aliphatic rings. The van der Waals surface area contributed by atoms with Crippen LogP contribution in [0.25, 0.3) is 11.4 Å². The molecule has 1 aromatic heterocycles. The van der Waals surface area contributed by atoms with Crippen LogP contribution in [0.2, 0.25) is 0 Å². The molecule has 0 unspecified atom stereocenters. The van der Waals surface area contributed by atoms with Crippen molar-refractivity contribution >= 4 is 5.97 Å². The highest BCUT2D eigenvalue weighted by Crippen LogP contribution is 2.31. The maximum atomic E-state index is 11.9. The lowest BCUT2D eigenvalue weighted by atomic mass is 10.2. The Morgan fingerprint density at radius 2 is 1.66 bits per heavy atom. The van der Waals surface area contributed by atoms with Crippen LogP contribution in [0.3, 0.4) is 0 Å². The first-order valence-electron chi connectivity index (χ1n) is 8.60. The SMILES string of the molecule is COc1ccc(OCC(=O)OCc2nc(-c3ccc(OC)c(OC)c3)no2)cc1. The topological polar surface area (TPSA) is 102 Å². The van der Waals surface area contributed by atoms with Crippen LogP contribution in [-0.4, -0.2) is 44.0 Å². The second-order valence-electron chi connectivity index (χ2n) is 5.71. The summed E-state index contributed by atoms with van der Waals surface area (Å²) in [6.45, 7) is -0.409. The molecular weight excluding hydrogens is 380 g/mol. The van der Waals surface area contributed by atoms with E-state index < -0.39 is 5.97 Å². The van der Waals surface area contributed by atoms with E-state index in [9.17, 15) is 4.79 Å². The Kier molecular flexibility index (Phi) is 6.51. The van der Waals surface area contributed by atoms with Crippen molar-refractivity contribution in [2.24, 2.45) is 0 Å². The van der Waals surface area contributed by atoms with Gasteiger partial charge in [0.05, 0.1) is 21.3 Å². The molecule has 3 aromatic rings. The van der Waals surface area contributed by atoms with Gasteiger partial charge in [0.1, 0.15) is 11.5 Å². The third-order valence-electron chi connectivity index (χ3n) is 3.88. The maximum Gasteiger partial charge on any atom is 0.344 e. The van der Waals surface area contributed by atoms with Gasteiger partial charge < -0.3 is 28.2 Å². The molecule has 1 heterocycles. The Hall–Kier alpha value is -3.75. The highest BCUT2D eigenvalue weighted by molar-refractivity contribution is 5.71. The van der Waals surface area contributed by atoms with Gasteiger partial charge in [-0.2, -0.15) is 4.98 Å². The summed E-state index contributed by atoms with van der Waals surface area (Å²) in [6, 6.07) is 12.1. The number of carbonyl (C=O) groups is 1. The Labute approximate surface area is 167 Å². The van der Waals surface area contributed by atoms with Crippen molar-refractivity contribution in [3.63, 3.8) is 0 Å². The van der Waals surface area contributed by atoms with Gasteiger partial charge >= 0.3 is 5.97 Å². The summed E-state index contributed by atoms with van der Waals surface area (Å²) in [5.41, 5.74) is 0.673. The van der Waals surface area contributed by atoms with E-state index in [1.807, 2.05) is 0 Å². The van der Waals surface area contributed by atoms with E-state index in [0.717, 1.165) is 0 Å².